The Kier molecular flexibility index (Phi) is 5.28. The van der Waals surface area contributed by atoms with Crippen molar-refractivity contribution in [3.63, 3.8) is 0 Å². The van der Waals surface area contributed by atoms with Gasteiger partial charge in [0.2, 0.25) is 0 Å². The van der Waals surface area contributed by atoms with Crippen molar-refractivity contribution in [2.75, 3.05) is 51.3 Å². The van der Waals surface area contributed by atoms with Crippen LogP contribution >= 0.6 is 0 Å². The monoisotopic (exact) mass is 384 g/mol. The maximum absolute atomic E-state index is 13.3. The van der Waals surface area contributed by atoms with Gasteiger partial charge in [-0.2, -0.15) is 9.61 Å². The summed E-state index contributed by atoms with van der Waals surface area (Å²) in [5, 5.41) is 4.82. The highest BCUT2D eigenvalue weighted by Crippen LogP contribution is 2.27. The molecule has 6 nitrogen and oxygen atoms in total. The zero-order valence-electron chi connectivity index (χ0n) is 16.7. The van der Waals surface area contributed by atoms with Crippen molar-refractivity contribution in [3.05, 3.63) is 47.4 Å². The second kappa shape index (κ2) is 7.85. The molecule has 148 valence electrons. The fourth-order valence-electron chi connectivity index (χ4n) is 3.85. The molecule has 1 aromatic carbocycles. The molecule has 0 unspecified atom stereocenters. The Bertz CT molecular complexity index is 961. The summed E-state index contributed by atoms with van der Waals surface area (Å²) in [6.07, 6.45) is 0. The highest BCUT2D eigenvalue weighted by molar-refractivity contribution is 5.67. The van der Waals surface area contributed by atoms with Crippen molar-refractivity contribution >= 4 is 11.5 Å². The first-order valence-corrected chi connectivity index (χ1v) is 9.77. The third-order valence-electron chi connectivity index (χ3n) is 5.62. The Morgan fingerprint density at radius 3 is 2.54 bits per heavy atom. The number of rotatable bonds is 5. The molecule has 0 aliphatic carbocycles. The largest absolute Gasteiger partial charge is 0.379 e. The van der Waals surface area contributed by atoms with Gasteiger partial charge in [0.1, 0.15) is 18.2 Å². The molecule has 1 fully saturated rings. The third-order valence-corrected chi connectivity index (χ3v) is 5.62. The van der Waals surface area contributed by atoms with Gasteiger partial charge in [-0.3, -0.25) is 0 Å². The van der Waals surface area contributed by atoms with Crippen LogP contribution < -0.4 is 9.80 Å². The SMILES string of the molecule is COCC[NH+]1CCN(c2c(C)c(C)nc3cc(-c4ccc(F)cc4)nn23)CC1. The molecule has 3 aromatic rings. The summed E-state index contributed by atoms with van der Waals surface area (Å²) in [6.45, 7) is 10.1. The lowest BCUT2D eigenvalue weighted by molar-refractivity contribution is -0.900. The van der Waals surface area contributed by atoms with Crippen molar-refractivity contribution in [1.82, 2.24) is 14.6 Å². The predicted octanol–water partition coefficient (Wildman–Crippen LogP) is 1.50. The molecule has 0 bridgehead atoms. The minimum atomic E-state index is -0.244. The number of hydrogen-bond donors (Lipinski definition) is 1. The van der Waals surface area contributed by atoms with Crippen molar-refractivity contribution in [2.45, 2.75) is 13.8 Å². The second-order valence-electron chi connectivity index (χ2n) is 7.43. The highest BCUT2D eigenvalue weighted by atomic mass is 19.1. The number of methoxy groups -OCH3 is 1. The Morgan fingerprint density at radius 2 is 1.86 bits per heavy atom. The number of aromatic nitrogens is 3. The summed E-state index contributed by atoms with van der Waals surface area (Å²) in [7, 11) is 1.76. The van der Waals surface area contributed by atoms with Gasteiger partial charge in [0.25, 0.3) is 0 Å². The summed E-state index contributed by atoms with van der Waals surface area (Å²) in [6, 6.07) is 8.42. The number of fused-ring (bicyclic) bond motifs is 1. The molecule has 1 saturated heterocycles. The lowest BCUT2D eigenvalue weighted by atomic mass is 10.1. The van der Waals surface area contributed by atoms with Gasteiger partial charge in [0.05, 0.1) is 38.5 Å². The summed E-state index contributed by atoms with van der Waals surface area (Å²) < 4.78 is 20.4. The van der Waals surface area contributed by atoms with Crippen molar-refractivity contribution in [1.29, 1.82) is 0 Å². The first kappa shape index (κ1) is 18.8. The van der Waals surface area contributed by atoms with Crippen LogP contribution in [-0.4, -0.2) is 61.0 Å². The number of nitrogens with one attached hydrogen (secondary N) is 1. The summed E-state index contributed by atoms with van der Waals surface area (Å²) in [4.78, 5) is 8.71. The van der Waals surface area contributed by atoms with E-state index in [1.165, 1.54) is 12.1 Å². The lowest BCUT2D eigenvalue weighted by Crippen LogP contribution is -3.15. The molecule has 1 aliphatic rings. The molecule has 1 N–H and O–H groups in total. The second-order valence-corrected chi connectivity index (χ2v) is 7.43. The van der Waals surface area contributed by atoms with Crippen LogP contribution in [0.5, 0.6) is 0 Å². The molecule has 0 amide bonds. The molecule has 0 radical (unpaired) electrons. The standard InChI is InChI=1S/C21H26FN5O/c1-15-16(2)23-20-14-19(17-4-6-18(22)7-5-17)24-27(20)21(15)26-10-8-25(9-11-26)12-13-28-3/h4-7,14H,8-13H2,1-3H3/p+1. The number of quaternary nitrogens is 1. The summed E-state index contributed by atoms with van der Waals surface area (Å²) in [5.41, 5.74) is 4.69. The van der Waals surface area contributed by atoms with Gasteiger partial charge in [-0.1, -0.05) is 0 Å². The van der Waals surface area contributed by atoms with E-state index in [2.05, 4.69) is 11.8 Å². The molecule has 1 aliphatic heterocycles. The van der Waals surface area contributed by atoms with Crippen LogP contribution in [0.3, 0.4) is 0 Å². The predicted molar refractivity (Wildman–Crippen MR) is 108 cm³/mol. The van der Waals surface area contributed by atoms with Gasteiger partial charge < -0.3 is 14.5 Å². The minimum Gasteiger partial charge on any atom is -0.379 e. The summed E-state index contributed by atoms with van der Waals surface area (Å²) >= 11 is 0. The first-order chi connectivity index (χ1) is 13.6. The van der Waals surface area contributed by atoms with Crippen LogP contribution in [-0.2, 0) is 4.74 Å². The van der Waals surface area contributed by atoms with E-state index in [0.717, 1.165) is 73.3 Å². The van der Waals surface area contributed by atoms with Crippen LogP contribution in [0.2, 0.25) is 0 Å². The molecule has 0 atom stereocenters. The van der Waals surface area contributed by atoms with Gasteiger partial charge in [0, 0.05) is 30.0 Å². The number of halogens is 1. The van der Waals surface area contributed by atoms with Crippen molar-refractivity contribution in [2.24, 2.45) is 0 Å². The quantitative estimate of drug-likeness (QED) is 0.724. The maximum Gasteiger partial charge on any atom is 0.158 e. The van der Waals surface area contributed by atoms with Crippen LogP contribution in [0.15, 0.2) is 30.3 Å². The number of aryl methyl sites for hydroxylation is 1. The number of benzene rings is 1. The van der Waals surface area contributed by atoms with Gasteiger partial charge in [-0.15, -0.1) is 0 Å². The molecule has 0 saturated carbocycles. The molecule has 0 spiro atoms. The maximum atomic E-state index is 13.3. The van der Waals surface area contributed by atoms with Crippen molar-refractivity contribution < 1.29 is 14.0 Å². The van der Waals surface area contributed by atoms with Gasteiger partial charge in [0.15, 0.2) is 5.65 Å². The van der Waals surface area contributed by atoms with E-state index in [1.54, 1.807) is 24.1 Å². The van der Waals surface area contributed by atoms with Crippen LogP contribution in [0, 0.1) is 19.7 Å². The average Bonchev–Trinajstić information content (AvgIpc) is 3.11. The van der Waals surface area contributed by atoms with Gasteiger partial charge in [-0.05, 0) is 38.1 Å². The highest BCUT2D eigenvalue weighted by Gasteiger charge is 2.24. The number of hydrogen-bond acceptors (Lipinski definition) is 4. The normalized spacial score (nSPS) is 15.5. The van der Waals surface area contributed by atoms with E-state index in [9.17, 15) is 4.39 Å². The van der Waals surface area contributed by atoms with E-state index < -0.39 is 0 Å². The van der Waals surface area contributed by atoms with E-state index in [1.807, 2.05) is 17.5 Å². The van der Waals surface area contributed by atoms with Crippen LogP contribution in [0.1, 0.15) is 11.3 Å². The fraction of sp³-hybridized carbons (Fsp3) is 0.429. The number of anilines is 1. The van der Waals surface area contributed by atoms with E-state index >= 15 is 0 Å². The first-order valence-electron chi connectivity index (χ1n) is 9.77. The molecular weight excluding hydrogens is 357 g/mol. The Morgan fingerprint density at radius 1 is 1.14 bits per heavy atom. The van der Waals surface area contributed by atoms with E-state index in [-0.39, 0.29) is 5.82 Å². The zero-order valence-corrected chi connectivity index (χ0v) is 16.7. The van der Waals surface area contributed by atoms with Gasteiger partial charge in [-0.25, -0.2) is 9.37 Å². The zero-order chi connectivity index (χ0) is 19.7. The Balaban J connectivity index is 1.68. The number of ether oxygens (including phenoxy) is 1. The molecule has 28 heavy (non-hydrogen) atoms. The fourth-order valence-corrected chi connectivity index (χ4v) is 3.85. The molecule has 2 aromatic heterocycles. The average molecular weight is 384 g/mol. The summed E-state index contributed by atoms with van der Waals surface area (Å²) in [5.74, 6) is 0.869. The number of piperazine rings is 1. The minimum absolute atomic E-state index is 0.244. The molecule has 7 heteroatoms. The third kappa shape index (κ3) is 3.59. The van der Waals surface area contributed by atoms with Gasteiger partial charge >= 0.3 is 0 Å². The lowest BCUT2D eigenvalue weighted by Gasteiger charge is -2.34. The smallest absolute Gasteiger partial charge is 0.158 e. The van der Waals surface area contributed by atoms with Crippen LogP contribution in [0.4, 0.5) is 10.2 Å². The van der Waals surface area contributed by atoms with E-state index in [4.69, 9.17) is 14.8 Å². The van der Waals surface area contributed by atoms with Crippen LogP contribution in [0.25, 0.3) is 16.9 Å². The Hall–Kier alpha value is -2.51. The Labute approximate surface area is 164 Å². The topological polar surface area (TPSA) is 47.1 Å². The molecule has 4 rings (SSSR count). The molecule has 3 heterocycles. The molecular formula is C21H27FN5O+. The van der Waals surface area contributed by atoms with E-state index in [0.29, 0.717) is 0 Å². The number of nitrogens with zero attached hydrogens (tertiary/aromatic N) is 4. The van der Waals surface area contributed by atoms with Crippen molar-refractivity contribution in [3.8, 4) is 11.3 Å².